The molecule has 10 nitrogen and oxygen atoms in total. The summed E-state index contributed by atoms with van der Waals surface area (Å²) in [6.45, 7) is 5.55. The molecule has 3 aromatic heterocycles. The highest BCUT2D eigenvalue weighted by Crippen LogP contribution is 2.48. The molecule has 6 heterocycles. The molecule has 0 spiro atoms. The van der Waals surface area contributed by atoms with Gasteiger partial charge >= 0.3 is 6.36 Å². The second-order valence-electron chi connectivity index (χ2n) is 11.8. The predicted molar refractivity (Wildman–Crippen MR) is 160 cm³/mol. The summed E-state index contributed by atoms with van der Waals surface area (Å²) in [5, 5.41) is 9.28. The maximum absolute atomic E-state index is 16.7. The zero-order valence-corrected chi connectivity index (χ0v) is 25.6. The first kappa shape index (κ1) is 30.3. The van der Waals surface area contributed by atoms with E-state index in [1.165, 1.54) is 11.3 Å². The van der Waals surface area contributed by atoms with Crippen molar-refractivity contribution < 1.29 is 36.2 Å². The lowest BCUT2D eigenvalue weighted by atomic mass is 9.93. The van der Waals surface area contributed by atoms with E-state index in [2.05, 4.69) is 25.3 Å². The quantitative estimate of drug-likeness (QED) is 0.202. The van der Waals surface area contributed by atoms with Crippen LogP contribution >= 0.6 is 11.3 Å². The average molecular weight is 662 g/mol. The number of ether oxygens (including phenoxy) is 2. The number of hydrogen-bond donors (Lipinski definition) is 3. The number of benzene rings is 1. The van der Waals surface area contributed by atoms with Crippen LogP contribution < -0.4 is 30.7 Å². The Labute approximate surface area is 263 Å². The van der Waals surface area contributed by atoms with Gasteiger partial charge in [-0.25, -0.2) is 23.7 Å². The number of aromatic nitrogens is 3. The van der Waals surface area contributed by atoms with Crippen LogP contribution in [0.3, 0.4) is 0 Å². The molecule has 1 aromatic carbocycles. The number of thiazole rings is 1. The number of aryl methyl sites for hydroxylation is 2. The van der Waals surface area contributed by atoms with E-state index in [0.29, 0.717) is 36.0 Å². The monoisotopic (exact) mass is 661 g/mol. The van der Waals surface area contributed by atoms with Crippen LogP contribution in [0.4, 0.5) is 33.5 Å². The average Bonchev–Trinajstić information content (AvgIpc) is 3.61. The van der Waals surface area contributed by atoms with Gasteiger partial charge in [-0.15, -0.1) is 24.5 Å². The van der Waals surface area contributed by atoms with Crippen molar-refractivity contribution in [2.45, 2.75) is 70.2 Å². The normalized spacial score (nSPS) is 23.6. The minimum atomic E-state index is -5.28. The minimum absolute atomic E-state index is 0.00991. The van der Waals surface area contributed by atoms with Crippen molar-refractivity contribution in [3.8, 4) is 22.9 Å². The van der Waals surface area contributed by atoms with Gasteiger partial charge in [0.15, 0.2) is 17.4 Å². The van der Waals surface area contributed by atoms with Gasteiger partial charge in [-0.2, -0.15) is 0 Å². The van der Waals surface area contributed by atoms with Gasteiger partial charge in [0.2, 0.25) is 11.8 Å². The number of nitrogens with zero attached hydrogens (tertiary/aromatic N) is 4. The van der Waals surface area contributed by atoms with E-state index in [4.69, 9.17) is 15.5 Å². The third-order valence-corrected chi connectivity index (χ3v) is 9.76. The van der Waals surface area contributed by atoms with Gasteiger partial charge < -0.3 is 25.4 Å². The number of rotatable bonds is 5. The maximum atomic E-state index is 16.7. The Bertz CT molecular complexity index is 1890. The number of nitrogen functional groups attached to an aromatic ring is 1. The van der Waals surface area contributed by atoms with Gasteiger partial charge in [0.1, 0.15) is 28.2 Å². The van der Waals surface area contributed by atoms with E-state index < -0.39 is 46.6 Å². The van der Waals surface area contributed by atoms with Gasteiger partial charge in [0.05, 0.1) is 23.5 Å². The molecule has 3 aliphatic rings. The number of carbonyl (C=O) groups is 1. The number of alkyl halides is 3. The first-order valence-electron chi connectivity index (χ1n) is 14.5. The molecule has 1 amide bonds. The second kappa shape index (κ2) is 10.6. The van der Waals surface area contributed by atoms with E-state index in [1.54, 1.807) is 27.0 Å². The molecule has 4 N–H and O–H groups in total. The molecule has 3 aliphatic heterocycles. The molecule has 2 fully saturated rings. The fourth-order valence-electron chi connectivity index (χ4n) is 6.92. The smallest absolute Gasteiger partial charge is 0.472 e. The van der Waals surface area contributed by atoms with Gasteiger partial charge in [0, 0.05) is 47.0 Å². The number of anilines is 2. The van der Waals surface area contributed by atoms with Crippen molar-refractivity contribution in [1.29, 1.82) is 0 Å². The molecule has 16 heteroatoms. The van der Waals surface area contributed by atoms with Crippen molar-refractivity contribution in [2.24, 2.45) is 0 Å². The molecule has 0 saturated carbocycles. The van der Waals surface area contributed by atoms with E-state index in [-0.39, 0.29) is 53.4 Å². The van der Waals surface area contributed by atoms with Crippen LogP contribution in [0.15, 0.2) is 23.7 Å². The number of piperazine rings is 1. The van der Waals surface area contributed by atoms with Gasteiger partial charge in [-0.1, -0.05) is 0 Å². The number of pyridine rings is 2. The second-order valence-corrected chi connectivity index (χ2v) is 12.8. The van der Waals surface area contributed by atoms with E-state index in [1.807, 2.05) is 10.3 Å². The first-order chi connectivity index (χ1) is 21.8. The summed E-state index contributed by atoms with van der Waals surface area (Å²) in [6.07, 6.45) is -3.04. The van der Waals surface area contributed by atoms with E-state index in [0.717, 1.165) is 11.1 Å². The Morgan fingerprint density at radius 1 is 1.26 bits per heavy atom. The van der Waals surface area contributed by atoms with Crippen molar-refractivity contribution in [2.75, 3.05) is 17.2 Å². The molecular weight excluding hydrogens is 633 g/mol. The molecule has 7 rings (SSSR count). The number of fused-ring (bicyclic) bond motifs is 5. The van der Waals surface area contributed by atoms with Crippen molar-refractivity contribution in [1.82, 2.24) is 25.6 Å². The summed E-state index contributed by atoms with van der Waals surface area (Å²) in [7, 11) is 0. The molecule has 46 heavy (non-hydrogen) atoms. The van der Waals surface area contributed by atoms with Crippen LogP contribution in [0.25, 0.3) is 22.0 Å². The molecule has 242 valence electrons. The highest BCUT2D eigenvalue weighted by molar-refractivity contribution is 7.09. The van der Waals surface area contributed by atoms with Gasteiger partial charge in [0.25, 0.3) is 0 Å². The highest BCUT2D eigenvalue weighted by atomic mass is 32.1. The summed E-state index contributed by atoms with van der Waals surface area (Å²) in [5.74, 6) is -3.70. The van der Waals surface area contributed by atoms with Gasteiger partial charge in [-0.05, 0) is 45.2 Å². The van der Waals surface area contributed by atoms with E-state index >= 15 is 4.39 Å². The lowest BCUT2D eigenvalue weighted by molar-refractivity contribution is -0.275. The first-order valence-corrected chi connectivity index (χ1v) is 15.4. The predicted octanol–water partition coefficient (Wildman–Crippen LogP) is 4.91. The van der Waals surface area contributed by atoms with Crippen LogP contribution in [0.1, 0.15) is 36.0 Å². The molecule has 2 saturated heterocycles. The number of carbonyl (C=O) groups excluding carboxylic acids is 1. The number of hydrogen-bond acceptors (Lipinski definition) is 10. The zero-order chi connectivity index (χ0) is 32.7. The summed E-state index contributed by atoms with van der Waals surface area (Å²) in [5.41, 5.74) is 4.11. The lowest BCUT2D eigenvalue weighted by Gasteiger charge is -2.47. The SMILES string of the molecule is Cc1nc2c3c(nc(-c4cc(N)cc(F)c4OC(F)(F)F)c(F)c3c1C)OC(C)[C@@H]1[C@@H]3CC[C@](C(=O)NCc4nccs4)(CN21)N3. The fourth-order valence-corrected chi connectivity index (χ4v) is 7.47. The van der Waals surface area contributed by atoms with E-state index in [9.17, 15) is 22.4 Å². The van der Waals surface area contributed by atoms with Crippen molar-refractivity contribution in [3.63, 3.8) is 0 Å². The standard InChI is InChI=1S/C30H28F5N7O3S/c1-12-13(2)39-26-21-20(12)22(32)23(16-8-15(36)9-17(31)25(16)45-30(33,34)35)40-27(21)44-14(3)24-18-4-5-29(41-18,11-42(24)26)28(43)38-10-19-37-6-7-46-19/h6-9,14,18,24,41H,4-5,10-11,36H2,1-3H3,(H,38,43)/t14?,18-,24+,29+/m0/s1. The Morgan fingerprint density at radius 2 is 2.04 bits per heavy atom. The molecule has 4 atom stereocenters. The topological polar surface area (TPSA) is 128 Å². The van der Waals surface area contributed by atoms with Crippen LogP contribution in [0.2, 0.25) is 0 Å². The van der Waals surface area contributed by atoms with Crippen molar-refractivity contribution in [3.05, 3.63) is 51.6 Å². The molecule has 0 aliphatic carbocycles. The Hall–Kier alpha value is -4.31. The van der Waals surface area contributed by atoms with Gasteiger partial charge in [-0.3, -0.25) is 10.1 Å². The third-order valence-electron chi connectivity index (χ3n) is 8.98. The minimum Gasteiger partial charge on any atom is -0.472 e. The maximum Gasteiger partial charge on any atom is 0.573 e. The highest BCUT2D eigenvalue weighted by Gasteiger charge is 2.56. The van der Waals surface area contributed by atoms with Crippen LogP contribution in [0.5, 0.6) is 11.6 Å². The largest absolute Gasteiger partial charge is 0.573 e. The molecule has 1 unspecified atom stereocenters. The summed E-state index contributed by atoms with van der Waals surface area (Å²) in [4.78, 5) is 29.1. The number of nitrogens with one attached hydrogen (secondary N) is 2. The van der Waals surface area contributed by atoms with Crippen LogP contribution in [0, 0.1) is 25.5 Å². The molecule has 2 bridgehead atoms. The Kier molecular flexibility index (Phi) is 7.01. The fraction of sp³-hybridized carbons (Fsp3) is 0.400. The summed E-state index contributed by atoms with van der Waals surface area (Å²) < 4.78 is 82.0. The summed E-state index contributed by atoms with van der Waals surface area (Å²) >= 11 is 1.43. The number of nitrogens with two attached hydrogens (primary N) is 1. The number of halogens is 5. The molecule has 4 aromatic rings. The summed E-state index contributed by atoms with van der Waals surface area (Å²) in [6, 6.07) is 1.03. The number of amides is 1. The molecule has 0 radical (unpaired) electrons. The van der Waals surface area contributed by atoms with Crippen molar-refractivity contribution >= 4 is 39.5 Å². The third kappa shape index (κ3) is 4.85. The van der Waals surface area contributed by atoms with Crippen LogP contribution in [-0.2, 0) is 11.3 Å². The molecular formula is C30H28F5N7O3S. The Morgan fingerprint density at radius 3 is 2.76 bits per heavy atom. The lowest BCUT2D eigenvalue weighted by Crippen LogP contribution is -2.71. The Balaban J connectivity index is 1.39. The van der Waals surface area contributed by atoms with Crippen LogP contribution in [-0.4, -0.2) is 57.5 Å². The zero-order valence-electron chi connectivity index (χ0n) is 24.8.